The van der Waals surface area contributed by atoms with Gasteiger partial charge in [-0.05, 0) is 51.7 Å². The Morgan fingerprint density at radius 3 is 2.33 bits per heavy atom. The minimum atomic E-state index is 0.166. The van der Waals surface area contributed by atoms with Crippen LogP contribution in [0.1, 0.15) is 44.9 Å². The van der Waals surface area contributed by atoms with Crippen LogP contribution in [0.2, 0.25) is 0 Å². The van der Waals surface area contributed by atoms with Gasteiger partial charge >= 0.3 is 0 Å². The van der Waals surface area contributed by atoms with Crippen LogP contribution in [0.3, 0.4) is 0 Å². The summed E-state index contributed by atoms with van der Waals surface area (Å²) in [5, 5.41) is 0. The fourth-order valence-corrected chi connectivity index (χ4v) is 2.89. The molecule has 0 aromatic carbocycles. The van der Waals surface area contributed by atoms with Gasteiger partial charge in [-0.25, -0.2) is 0 Å². The Kier molecular flexibility index (Phi) is 3.65. The van der Waals surface area contributed by atoms with Gasteiger partial charge in [0.25, 0.3) is 0 Å². The normalized spacial score (nSPS) is 28.4. The van der Waals surface area contributed by atoms with Crippen LogP contribution in [-0.2, 0) is 0 Å². The van der Waals surface area contributed by atoms with Crippen molar-refractivity contribution in [3.8, 4) is 0 Å². The lowest BCUT2D eigenvalue weighted by Crippen LogP contribution is -2.44. The maximum atomic E-state index is 6.35. The molecule has 0 aromatic rings. The Bertz CT molecular complexity index is 191. The average Bonchev–Trinajstić information content (AvgIpc) is 2.65. The average molecular weight is 211 g/mol. The van der Waals surface area contributed by atoms with Crippen molar-refractivity contribution in [3.05, 3.63) is 0 Å². The number of piperidine rings is 1. The molecule has 2 fully saturated rings. The van der Waals surface area contributed by atoms with E-state index in [1.54, 1.807) is 0 Å². The Morgan fingerprint density at radius 1 is 1.13 bits per heavy atom. The van der Waals surface area contributed by atoms with E-state index >= 15 is 0 Å². The first-order valence-electron chi connectivity index (χ1n) is 6.45. The van der Waals surface area contributed by atoms with Crippen molar-refractivity contribution in [2.45, 2.75) is 56.5 Å². The second-order valence-corrected chi connectivity index (χ2v) is 5.50. The highest BCUT2D eigenvalue weighted by molar-refractivity contribution is 4.90. The summed E-state index contributed by atoms with van der Waals surface area (Å²) in [6.45, 7) is 3.54. The zero-order valence-electron chi connectivity index (χ0n) is 9.75. The molecule has 0 atom stereocenters. The molecule has 0 amide bonds. The summed E-state index contributed by atoms with van der Waals surface area (Å²) in [5.74, 6) is 0. The number of nitrogens with two attached hydrogens (primary N) is 2. The summed E-state index contributed by atoms with van der Waals surface area (Å²) in [4.78, 5) is 2.54. The quantitative estimate of drug-likeness (QED) is 0.734. The van der Waals surface area contributed by atoms with Crippen LogP contribution in [-0.4, -0.2) is 36.1 Å². The molecule has 1 aliphatic carbocycles. The van der Waals surface area contributed by atoms with Gasteiger partial charge < -0.3 is 16.4 Å². The zero-order valence-corrected chi connectivity index (χ0v) is 9.75. The number of hydrogen-bond acceptors (Lipinski definition) is 3. The Balaban J connectivity index is 1.69. The molecule has 0 spiro atoms. The summed E-state index contributed by atoms with van der Waals surface area (Å²) in [6, 6.07) is 0.444. The van der Waals surface area contributed by atoms with Crippen LogP contribution in [0.5, 0.6) is 0 Å². The van der Waals surface area contributed by atoms with Gasteiger partial charge in [0.05, 0.1) is 0 Å². The lowest BCUT2D eigenvalue weighted by molar-refractivity contribution is 0.192. The SMILES string of the molecule is NC1CCN(CCC2(N)CCCC2)CC1. The summed E-state index contributed by atoms with van der Waals surface area (Å²) in [7, 11) is 0. The highest BCUT2D eigenvalue weighted by Gasteiger charge is 2.29. The number of hydrogen-bond donors (Lipinski definition) is 2. The van der Waals surface area contributed by atoms with Gasteiger partial charge in [0.15, 0.2) is 0 Å². The Labute approximate surface area is 93.2 Å². The lowest BCUT2D eigenvalue weighted by Gasteiger charge is -2.33. The fourth-order valence-electron chi connectivity index (χ4n) is 2.89. The number of rotatable bonds is 3. The predicted octanol–water partition coefficient (Wildman–Crippen LogP) is 1.07. The predicted molar refractivity (Wildman–Crippen MR) is 63.7 cm³/mol. The van der Waals surface area contributed by atoms with Crippen molar-refractivity contribution in [2.24, 2.45) is 11.5 Å². The van der Waals surface area contributed by atoms with Crippen LogP contribution < -0.4 is 11.5 Å². The van der Waals surface area contributed by atoms with E-state index in [1.165, 1.54) is 51.7 Å². The van der Waals surface area contributed by atoms with Crippen molar-refractivity contribution >= 4 is 0 Å². The van der Waals surface area contributed by atoms with Crippen molar-refractivity contribution in [1.82, 2.24) is 4.90 Å². The van der Waals surface area contributed by atoms with E-state index in [0.717, 1.165) is 12.8 Å². The molecule has 88 valence electrons. The van der Waals surface area contributed by atoms with Crippen molar-refractivity contribution in [1.29, 1.82) is 0 Å². The molecule has 1 saturated carbocycles. The molecule has 4 N–H and O–H groups in total. The highest BCUT2D eigenvalue weighted by Crippen LogP contribution is 2.30. The third kappa shape index (κ3) is 3.16. The van der Waals surface area contributed by atoms with E-state index in [0.29, 0.717) is 6.04 Å². The van der Waals surface area contributed by atoms with Gasteiger partial charge in [-0.1, -0.05) is 12.8 Å². The highest BCUT2D eigenvalue weighted by atomic mass is 15.1. The number of likely N-dealkylation sites (tertiary alicyclic amines) is 1. The second-order valence-electron chi connectivity index (χ2n) is 5.50. The molecule has 2 rings (SSSR count). The second kappa shape index (κ2) is 4.81. The van der Waals surface area contributed by atoms with E-state index in [-0.39, 0.29) is 5.54 Å². The molecule has 0 unspecified atom stereocenters. The van der Waals surface area contributed by atoms with Gasteiger partial charge in [-0.15, -0.1) is 0 Å². The van der Waals surface area contributed by atoms with Gasteiger partial charge in [-0.2, -0.15) is 0 Å². The fraction of sp³-hybridized carbons (Fsp3) is 1.00. The third-order valence-electron chi connectivity index (χ3n) is 4.16. The first-order chi connectivity index (χ1) is 7.18. The van der Waals surface area contributed by atoms with Gasteiger partial charge in [0.1, 0.15) is 0 Å². The van der Waals surface area contributed by atoms with E-state index in [9.17, 15) is 0 Å². The van der Waals surface area contributed by atoms with Gasteiger partial charge in [0.2, 0.25) is 0 Å². The topological polar surface area (TPSA) is 55.3 Å². The van der Waals surface area contributed by atoms with E-state index < -0.39 is 0 Å². The largest absolute Gasteiger partial charge is 0.328 e. The smallest absolute Gasteiger partial charge is 0.0166 e. The van der Waals surface area contributed by atoms with Gasteiger partial charge in [0, 0.05) is 11.6 Å². The molecule has 3 heteroatoms. The summed E-state index contributed by atoms with van der Waals surface area (Å²) < 4.78 is 0. The van der Waals surface area contributed by atoms with Crippen molar-refractivity contribution in [3.63, 3.8) is 0 Å². The lowest BCUT2D eigenvalue weighted by atomic mass is 9.94. The molecule has 3 nitrogen and oxygen atoms in total. The molecule has 2 aliphatic rings. The van der Waals surface area contributed by atoms with Crippen LogP contribution in [0, 0.1) is 0 Å². The molecular formula is C12H25N3. The third-order valence-corrected chi connectivity index (χ3v) is 4.16. The monoisotopic (exact) mass is 211 g/mol. The van der Waals surface area contributed by atoms with Crippen LogP contribution in [0.25, 0.3) is 0 Å². The minimum Gasteiger partial charge on any atom is -0.328 e. The van der Waals surface area contributed by atoms with Crippen LogP contribution in [0.4, 0.5) is 0 Å². The van der Waals surface area contributed by atoms with E-state index in [2.05, 4.69) is 4.90 Å². The van der Waals surface area contributed by atoms with Crippen molar-refractivity contribution in [2.75, 3.05) is 19.6 Å². The first-order valence-corrected chi connectivity index (χ1v) is 6.45. The standard InChI is InChI=1S/C12H25N3/c13-11-3-8-15(9-4-11)10-7-12(14)5-1-2-6-12/h11H,1-10,13-14H2. The summed E-state index contributed by atoms with van der Waals surface area (Å²) in [6.07, 6.45) is 8.65. The first kappa shape index (κ1) is 11.4. The molecule has 1 saturated heterocycles. The van der Waals surface area contributed by atoms with Gasteiger partial charge in [-0.3, -0.25) is 0 Å². The molecule has 0 radical (unpaired) electrons. The van der Waals surface area contributed by atoms with Crippen molar-refractivity contribution < 1.29 is 0 Å². The zero-order chi connectivity index (χ0) is 10.7. The van der Waals surface area contributed by atoms with Crippen LogP contribution >= 0.6 is 0 Å². The summed E-state index contributed by atoms with van der Waals surface area (Å²) >= 11 is 0. The molecule has 1 heterocycles. The molecule has 0 aromatic heterocycles. The maximum Gasteiger partial charge on any atom is 0.0166 e. The number of nitrogens with zero attached hydrogens (tertiary/aromatic N) is 1. The minimum absolute atomic E-state index is 0.166. The molecule has 15 heavy (non-hydrogen) atoms. The molecule has 1 aliphatic heterocycles. The van der Waals surface area contributed by atoms with E-state index in [4.69, 9.17) is 11.5 Å². The van der Waals surface area contributed by atoms with Crippen LogP contribution in [0.15, 0.2) is 0 Å². The molecule has 0 bridgehead atoms. The summed E-state index contributed by atoms with van der Waals surface area (Å²) in [5.41, 5.74) is 12.4. The maximum absolute atomic E-state index is 6.35. The molecular weight excluding hydrogens is 186 g/mol. The Hall–Kier alpha value is -0.120. The Morgan fingerprint density at radius 2 is 1.73 bits per heavy atom. The van der Waals surface area contributed by atoms with E-state index in [1.807, 2.05) is 0 Å².